The Morgan fingerprint density at radius 1 is 0.778 bits per heavy atom. The molecule has 1 aliphatic rings. The van der Waals surface area contributed by atoms with E-state index in [4.69, 9.17) is 9.97 Å². The van der Waals surface area contributed by atoms with Crippen LogP contribution in [0.4, 0.5) is 0 Å². The van der Waals surface area contributed by atoms with Crippen LogP contribution in [0.25, 0.3) is 38.5 Å². The standard InChI is InChI=1S/C25H20N2/c1-17-6-5-9-19(16-17)21-13-15-27-25-23(21)11-10-22-20(12-14-26-24(22)25)18-7-3-2-4-8-18/h2-15,17H,16H2,1H3. The molecule has 0 aliphatic heterocycles. The third kappa shape index (κ3) is 2.74. The monoisotopic (exact) mass is 348 g/mol. The van der Waals surface area contributed by atoms with E-state index in [1.165, 1.54) is 27.6 Å². The van der Waals surface area contributed by atoms with Gasteiger partial charge in [0.15, 0.2) is 0 Å². The summed E-state index contributed by atoms with van der Waals surface area (Å²) in [5, 5.41) is 2.32. The Labute approximate surface area is 158 Å². The van der Waals surface area contributed by atoms with Gasteiger partial charge in [-0.15, -0.1) is 0 Å². The van der Waals surface area contributed by atoms with Gasteiger partial charge in [0.1, 0.15) is 0 Å². The largest absolute Gasteiger partial charge is 0.254 e. The topological polar surface area (TPSA) is 25.8 Å². The first-order valence-corrected chi connectivity index (χ1v) is 9.41. The molecule has 2 aromatic heterocycles. The normalized spacial score (nSPS) is 16.6. The van der Waals surface area contributed by atoms with Crippen molar-refractivity contribution in [3.8, 4) is 11.1 Å². The zero-order chi connectivity index (χ0) is 18.2. The summed E-state index contributed by atoms with van der Waals surface area (Å²) >= 11 is 0. The second kappa shape index (κ2) is 6.48. The summed E-state index contributed by atoms with van der Waals surface area (Å²) in [7, 11) is 0. The van der Waals surface area contributed by atoms with Crippen molar-refractivity contribution in [2.45, 2.75) is 13.3 Å². The van der Waals surface area contributed by atoms with E-state index < -0.39 is 0 Å². The molecule has 2 nitrogen and oxygen atoms in total. The highest BCUT2D eigenvalue weighted by atomic mass is 14.7. The van der Waals surface area contributed by atoms with E-state index in [0.29, 0.717) is 5.92 Å². The van der Waals surface area contributed by atoms with Crippen LogP contribution >= 0.6 is 0 Å². The van der Waals surface area contributed by atoms with Gasteiger partial charge in [-0.1, -0.05) is 67.6 Å². The average molecular weight is 348 g/mol. The number of hydrogen-bond acceptors (Lipinski definition) is 2. The molecule has 0 spiro atoms. The maximum absolute atomic E-state index is 4.71. The highest BCUT2D eigenvalue weighted by Crippen LogP contribution is 2.35. The van der Waals surface area contributed by atoms with E-state index in [1.807, 2.05) is 18.5 Å². The highest BCUT2D eigenvalue weighted by Gasteiger charge is 2.15. The predicted octanol–water partition coefficient (Wildman–Crippen LogP) is 6.43. The Morgan fingerprint density at radius 3 is 2.15 bits per heavy atom. The molecule has 1 aliphatic carbocycles. The van der Waals surface area contributed by atoms with Crippen LogP contribution in [0.2, 0.25) is 0 Å². The summed E-state index contributed by atoms with van der Waals surface area (Å²) in [5.41, 5.74) is 6.99. The molecule has 2 heterocycles. The summed E-state index contributed by atoms with van der Waals surface area (Å²) in [6.45, 7) is 2.26. The van der Waals surface area contributed by atoms with Crippen LogP contribution in [-0.2, 0) is 0 Å². The Hall–Kier alpha value is -3.26. The van der Waals surface area contributed by atoms with Crippen molar-refractivity contribution in [3.05, 3.63) is 90.8 Å². The summed E-state index contributed by atoms with van der Waals surface area (Å²) in [6, 6.07) is 19.1. The van der Waals surface area contributed by atoms with Crippen LogP contribution in [0.5, 0.6) is 0 Å². The molecule has 2 aromatic carbocycles. The molecule has 1 atom stereocenters. The predicted molar refractivity (Wildman–Crippen MR) is 113 cm³/mol. The Bertz CT molecular complexity index is 1200. The molecule has 0 fully saturated rings. The fourth-order valence-corrected chi connectivity index (χ4v) is 4.02. The SMILES string of the molecule is CC1C=CC=C(c2ccnc3c2ccc2c(-c4ccccc4)ccnc23)C1. The molecule has 2 heteroatoms. The molecule has 0 saturated heterocycles. The first kappa shape index (κ1) is 16.0. The lowest BCUT2D eigenvalue weighted by molar-refractivity contribution is 0.749. The number of benzene rings is 2. The molecule has 0 radical (unpaired) electrons. The number of fused-ring (bicyclic) bond motifs is 3. The molecule has 0 N–H and O–H groups in total. The summed E-state index contributed by atoms with van der Waals surface area (Å²) < 4.78 is 0. The van der Waals surface area contributed by atoms with Gasteiger partial charge in [-0.25, -0.2) is 0 Å². The van der Waals surface area contributed by atoms with Crippen molar-refractivity contribution in [1.82, 2.24) is 9.97 Å². The smallest absolute Gasteiger partial charge is 0.0970 e. The highest BCUT2D eigenvalue weighted by molar-refractivity contribution is 6.10. The van der Waals surface area contributed by atoms with Crippen molar-refractivity contribution in [1.29, 1.82) is 0 Å². The maximum Gasteiger partial charge on any atom is 0.0970 e. The molecule has 27 heavy (non-hydrogen) atoms. The molecular formula is C25H20N2. The Morgan fingerprint density at radius 2 is 1.44 bits per heavy atom. The third-order valence-electron chi connectivity index (χ3n) is 5.33. The minimum Gasteiger partial charge on any atom is -0.254 e. The lowest BCUT2D eigenvalue weighted by Gasteiger charge is -2.17. The van der Waals surface area contributed by atoms with Crippen molar-refractivity contribution in [3.63, 3.8) is 0 Å². The maximum atomic E-state index is 4.71. The van der Waals surface area contributed by atoms with E-state index >= 15 is 0 Å². The average Bonchev–Trinajstić information content (AvgIpc) is 2.73. The quantitative estimate of drug-likeness (QED) is 0.390. The van der Waals surface area contributed by atoms with Crippen molar-refractivity contribution < 1.29 is 0 Å². The van der Waals surface area contributed by atoms with E-state index in [1.54, 1.807) is 0 Å². The first-order valence-electron chi connectivity index (χ1n) is 9.41. The minimum absolute atomic E-state index is 0.566. The van der Waals surface area contributed by atoms with Crippen LogP contribution in [0, 0.1) is 5.92 Å². The van der Waals surface area contributed by atoms with E-state index in [9.17, 15) is 0 Å². The summed E-state index contributed by atoms with van der Waals surface area (Å²) in [5.74, 6) is 0.566. The van der Waals surface area contributed by atoms with Crippen molar-refractivity contribution in [2.75, 3.05) is 0 Å². The van der Waals surface area contributed by atoms with Gasteiger partial charge in [-0.2, -0.15) is 0 Å². The number of allylic oxidation sites excluding steroid dienone is 4. The number of nitrogens with zero attached hydrogens (tertiary/aromatic N) is 2. The molecule has 1 unspecified atom stereocenters. The van der Waals surface area contributed by atoms with E-state index in [0.717, 1.165) is 22.8 Å². The van der Waals surface area contributed by atoms with Gasteiger partial charge in [0.25, 0.3) is 0 Å². The van der Waals surface area contributed by atoms with Crippen molar-refractivity contribution in [2.24, 2.45) is 5.92 Å². The number of hydrogen-bond donors (Lipinski definition) is 0. The number of rotatable bonds is 2. The van der Waals surface area contributed by atoms with Crippen LogP contribution in [-0.4, -0.2) is 9.97 Å². The van der Waals surface area contributed by atoms with Gasteiger partial charge in [0.2, 0.25) is 0 Å². The molecule has 0 saturated carbocycles. The van der Waals surface area contributed by atoms with Crippen LogP contribution in [0.15, 0.2) is 85.2 Å². The molecular weight excluding hydrogens is 328 g/mol. The molecule has 130 valence electrons. The van der Waals surface area contributed by atoms with Crippen molar-refractivity contribution >= 4 is 27.4 Å². The molecule has 0 bridgehead atoms. The van der Waals surface area contributed by atoms with Gasteiger partial charge in [0, 0.05) is 23.2 Å². The van der Waals surface area contributed by atoms with Gasteiger partial charge < -0.3 is 0 Å². The fourth-order valence-electron chi connectivity index (χ4n) is 4.02. The first-order chi connectivity index (χ1) is 13.3. The Kier molecular flexibility index (Phi) is 3.83. The van der Waals surface area contributed by atoms with Crippen LogP contribution in [0.3, 0.4) is 0 Å². The fraction of sp³-hybridized carbons (Fsp3) is 0.120. The summed E-state index contributed by atoms with van der Waals surface area (Å²) in [4.78, 5) is 9.41. The zero-order valence-electron chi connectivity index (χ0n) is 15.3. The van der Waals surface area contributed by atoms with Gasteiger partial charge in [-0.05, 0) is 46.7 Å². The molecule has 0 amide bonds. The second-order valence-electron chi connectivity index (χ2n) is 7.20. The minimum atomic E-state index is 0.566. The molecule has 4 aromatic rings. The lowest BCUT2D eigenvalue weighted by atomic mass is 9.89. The van der Waals surface area contributed by atoms with Gasteiger partial charge in [0.05, 0.1) is 11.0 Å². The van der Waals surface area contributed by atoms with Gasteiger partial charge in [-0.3, -0.25) is 9.97 Å². The van der Waals surface area contributed by atoms with Gasteiger partial charge >= 0.3 is 0 Å². The molecule has 5 rings (SSSR count). The second-order valence-corrected chi connectivity index (χ2v) is 7.20. The summed E-state index contributed by atoms with van der Waals surface area (Å²) in [6.07, 6.45) is 11.5. The zero-order valence-corrected chi connectivity index (χ0v) is 15.3. The third-order valence-corrected chi connectivity index (χ3v) is 5.33. The van der Waals surface area contributed by atoms with E-state index in [2.05, 4.69) is 73.7 Å². The Balaban J connectivity index is 1.76. The lowest BCUT2D eigenvalue weighted by Crippen LogP contribution is -1.99. The van der Waals surface area contributed by atoms with E-state index in [-0.39, 0.29) is 0 Å². The number of pyridine rings is 2. The van der Waals surface area contributed by atoms with Crippen LogP contribution < -0.4 is 0 Å². The van der Waals surface area contributed by atoms with Crippen LogP contribution in [0.1, 0.15) is 18.9 Å². The number of aromatic nitrogens is 2.